The number of rotatable bonds is 4. The van der Waals surface area contributed by atoms with E-state index in [-0.39, 0.29) is 0 Å². The molecule has 2 aliphatic rings. The summed E-state index contributed by atoms with van der Waals surface area (Å²) >= 11 is 0. The van der Waals surface area contributed by atoms with Crippen molar-refractivity contribution in [3.8, 4) is 17.2 Å². The molecule has 0 aliphatic carbocycles. The highest BCUT2D eigenvalue weighted by atomic mass is 16.7. The highest BCUT2D eigenvalue weighted by Crippen LogP contribution is 2.44. The summed E-state index contributed by atoms with van der Waals surface area (Å²) in [4.78, 5) is 18.6. The van der Waals surface area contributed by atoms with Crippen LogP contribution in [0, 0.1) is 0 Å². The van der Waals surface area contributed by atoms with Crippen LogP contribution in [0.2, 0.25) is 0 Å². The van der Waals surface area contributed by atoms with Crippen molar-refractivity contribution >= 4 is 46.4 Å². The van der Waals surface area contributed by atoms with Crippen molar-refractivity contribution in [1.29, 1.82) is 0 Å². The lowest BCUT2D eigenvalue weighted by molar-refractivity contribution is 0.186. The maximum Gasteiger partial charge on any atom is 0.194 e. The number of methoxy groups -OCH3 is 3. The molecule has 3 aromatic heterocycles. The molecule has 0 unspecified atom stereocenters. The number of nitrogens with one attached hydrogen (secondary N) is 1. The van der Waals surface area contributed by atoms with E-state index in [0.29, 0.717) is 34.0 Å². The van der Waals surface area contributed by atoms with E-state index in [2.05, 4.69) is 4.98 Å². The molecule has 0 radical (unpaired) electrons. The molecule has 0 aromatic carbocycles. The van der Waals surface area contributed by atoms with Crippen LogP contribution in [0.5, 0.6) is 17.2 Å². The number of aromatic nitrogens is 4. The Kier molecular flexibility index (Phi) is 4.82. The zero-order valence-corrected chi connectivity index (χ0v) is 18.2. The van der Waals surface area contributed by atoms with Crippen LogP contribution in [0.25, 0.3) is 46.4 Å². The second-order valence-corrected chi connectivity index (χ2v) is 7.16. The highest BCUT2D eigenvalue weighted by Gasteiger charge is 2.24. The zero-order valence-electron chi connectivity index (χ0n) is 18.2. The Bertz CT molecular complexity index is 1430. The van der Waals surface area contributed by atoms with Gasteiger partial charge in [-0.2, -0.15) is 4.73 Å². The summed E-state index contributed by atoms with van der Waals surface area (Å²) in [5, 5.41) is 0. The summed E-state index contributed by atoms with van der Waals surface area (Å²) in [6, 6.07) is 9.85. The Hall–Kier alpha value is -4.20. The van der Waals surface area contributed by atoms with Crippen molar-refractivity contribution in [2.24, 2.45) is 0 Å². The van der Waals surface area contributed by atoms with Gasteiger partial charge in [0.2, 0.25) is 0 Å². The van der Waals surface area contributed by atoms with E-state index in [1.807, 2.05) is 54.6 Å². The first-order valence-corrected chi connectivity index (χ1v) is 9.98. The molecule has 32 heavy (non-hydrogen) atoms. The molecule has 0 spiro atoms. The molecule has 8 nitrogen and oxygen atoms in total. The lowest BCUT2D eigenvalue weighted by atomic mass is 10.3. The van der Waals surface area contributed by atoms with E-state index in [9.17, 15) is 0 Å². The standard InChI is InChI=1S/C24H22N4O4/c1-29-22-19-10-9-17(27-19)12-16-6-5-14(25-16)11-15-7-8-18(26-15)13-20-23(30-2)24(31-3)21(22)28(20)32-4/h5-13,25H,1-4H3. The number of nitrogens with zero attached hydrogens (tertiary/aromatic N) is 3. The number of ether oxygens (including phenoxy) is 3. The number of H-pyrrole nitrogens is 1. The molecule has 0 saturated carbocycles. The van der Waals surface area contributed by atoms with Crippen molar-refractivity contribution < 1.29 is 19.0 Å². The van der Waals surface area contributed by atoms with Crippen LogP contribution in [-0.2, 0) is 0 Å². The van der Waals surface area contributed by atoms with Gasteiger partial charge in [0, 0.05) is 11.0 Å². The minimum Gasteiger partial charge on any atom is -0.492 e. The molecule has 1 N–H and O–H groups in total. The molecule has 8 bridgehead atoms. The van der Waals surface area contributed by atoms with E-state index in [0.717, 1.165) is 28.1 Å². The van der Waals surface area contributed by atoms with Crippen LogP contribution in [0.15, 0.2) is 30.3 Å². The summed E-state index contributed by atoms with van der Waals surface area (Å²) in [5.41, 5.74) is 6.08. The Morgan fingerprint density at radius 1 is 0.688 bits per heavy atom. The first-order valence-electron chi connectivity index (χ1n) is 9.98. The van der Waals surface area contributed by atoms with Crippen molar-refractivity contribution in [3.63, 3.8) is 0 Å². The molecular weight excluding hydrogens is 408 g/mol. The van der Waals surface area contributed by atoms with Gasteiger partial charge in [-0.1, -0.05) is 0 Å². The van der Waals surface area contributed by atoms with Gasteiger partial charge < -0.3 is 24.0 Å². The van der Waals surface area contributed by atoms with Crippen LogP contribution >= 0.6 is 0 Å². The zero-order chi connectivity index (χ0) is 22.2. The third-order valence-electron chi connectivity index (χ3n) is 5.29. The maximum atomic E-state index is 5.79. The molecule has 5 rings (SSSR count). The summed E-state index contributed by atoms with van der Waals surface area (Å²) in [7, 11) is 6.33. The van der Waals surface area contributed by atoms with Crippen LogP contribution in [0.4, 0.5) is 0 Å². The molecular formula is C24H22N4O4. The van der Waals surface area contributed by atoms with Gasteiger partial charge in [0.05, 0.1) is 38.4 Å². The molecule has 0 saturated heterocycles. The second-order valence-electron chi connectivity index (χ2n) is 7.16. The molecule has 0 atom stereocenters. The smallest absolute Gasteiger partial charge is 0.194 e. The fourth-order valence-corrected chi connectivity index (χ4v) is 3.94. The molecule has 5 heterocycles. The van der Waals surface area contributed by atoms with Gasteiger partial charge in [-0.15, -0.1) is 0 Å². The number of hydrogen-bond acceptors (Lipinski definition) is 6. The Labute approximate surface area is 184 Å². The van der Waals surface area contributed by atoms with E-state index >= 15 is 0 Å². The van der Waals surface area contributed by atoms with Gasteiger partial charge >= 0.3 is 0 Å². The molecule has 0 fully saturated rings. The van der Waals surface area contributed by atoms with E-state index < -0.39 is 0 Å². The fraction of sp³-hybridized carbons (Fsp3) is 0.167. The van der Waals surface area contributed by atoms with Gasteiger partial charge in [0.25, 0.3) is 0 Å². The van der Waals surface area contributed by atoms with Gasteiger partial charge in [0.15, 0.2) is 22.8 Å². The first-order chi connectivity index (χ1) is 15.6. The SMILES string of the molecule is COc1c(OC)c2c(OC)c3nc(cc4ccc(cc5nc(cc1n2OC)C=C5)[nH]4)C=C3. The largest absolute Gasteiger partial charge is 0.492 e. The van der Waals surface area contributed by atoms with Crippen LogP contribution in [0.3, 0.4) is 0 Å². The lowest BCUT2D eigenvalue weighted by Crippen LogP contribution is -2.06. The molecule has 3 aromatic rings. The normalized spacial score (nSPS) is 12.1. The highest BCUT2D eigenvalue weighted by molar-refractivity contribution is 5.89. The molecule has 0 amide bonds. The first kappa shape index (κ1) is 19.7. The Balaban J connectivity index is 2.01. The van der Waals surface area contributed by atoms with Crippen LogP contribution in [0.1, 0.15) is 22.8 Å². The number of hydrogen-bond donors (Lipinski definition) is 1. The third-order valence-corrected chi connectivity index (χ3v) is 5.29. The summed E-state index contributed by atoms with van der Waals surface area (Å²) in [5.74, 6) is 1.47. The van der Waals surface area contributed by atoms with Gasteiger partial charge in [0.1, 0.15) is 18.3 Å². The minimum absolute atomic E-state index is 0.474. The van der Waals surface area contributed by atoms with Crippen molar-refractivity contribution in [3.05, 3.63) is 53.1 Å². The average Bonchev–Trinajstić information content (AvgIpc) is 3.57. The predicted octanol–water partition coefficient (Wildman–Crippen LogP) is 4.21. The van der Waals surface area contributed by atoms with Crippen molar-refractivity contribution in [2.75, 3.05) is 28.4 Å². The van der Waals surface area contributed by atoms with Crippen molar-refractivity contribution in [2.45, 2.75) is 0 Å². The lowest BCUT2D eigenvalue weighted by Gasteiger charge is -2.08. The second kappa shape index (κ2) is 7.81. The third kappa shape index (κ3) is 3.17. The Morgan fingerprint density at radius 3 is 1.91 bits per heavy atom. The van der Waals surface area contributed by atoms with E-state index in [1.54, 1.807) is 33.2 Å². The number of fused-ring (bicyclic) bond motifs is 8. The van der Waals surface area contributed by atoms with Gasteiger partial charge in [-0.05, 0) is 54.6 Å². The van der Waals surface area contributed by atoms with E-state index in [4.69, 9.17) is 29.0 Å². The maximum absolute atomic E-state index is 5.79. The fourth-order valence-electron chi connectivity index (χ4n) is 3.94. The average molecular weight is 430 g/mol. The van der Waals surface area contributed by atoms with Gasteiger partial charge in [-0.3, -0.25) is 0 Å². The summed E-state index contributed by atoms with van der Waals surface area (Å²) < 4.78 is 18.8. The molecule has 2 aliphatic heterocycles. The monoisotopic (exact) mass is 430 g/mol. The van der Waals surface area contributed by atoms with Crippen LogP contribution < -0.4 is 19.0 Å². The molecule has 162 valence electrons. The van der Waals surface area contributed by atoms with Gasteiger partial charge in [-0.25, -0.2) is 9.97 Å². The predicted molar refractivity (Wildman–Crippen MR) is 125 cm³/mol. The number of aromatic amines is 1. The van der Waals surface area contributed by atoms with E-state index in [1.165, 1.54) is 0 Å². The summed E-state index contributed by atoms with van der Waals surface area (Å²) in [6.07, 6.45) is 7.71. The Morgan fingerprint density at radius 2 is 1.28 bits per heavy atom. The topological polar surface area (TPSA) is 83.4 Å². The van der Waals surface area contributed by atoms with Crippen molar-refractivity contribution in [1.82, 2.24) is 19.7 Å². The quantitative estimate of drug-likeness (QED) is 0.460. The summed E-state index contributed by atoms with van der Waals surface area (Å²) in [6.45, 7) is 0. The van der Waals surface area contributed by atoms with Crippen LogP contribution in [-0.4, -0.2) is 48.1 Å². The molecule has 8 heteroatoms. The minimum atomic E-state index is 0.474.